The summed E-state index contributed by atoms with van der Waals surface area (Å²) in [6.45, 7) is 0.730. The number of methoxy groups -OCH3 is 2. The van der Waals surface area contributed by atoms with E-state index in [0.29, 0.717) is 6.54 Å². The second kappa shape index (κ2) is 6.60. The van der Waals surface area contributed by atoms with Crippen LogP contribution in [0.15, 0.2) is 42.5 Å². The largest absolute Gasteiger partial charge is 0.497 e. The van der Waals surface area contributed by atoms with Gasteiger partial charge in [0.15, 0.2) is 0 Å². The summed E-state index contributed by atoms with van der Waals surface area (Å²) < 4.78 is 10.6. The van der Waals surface area contributed by atoms with Crippen molar-refractivity contribution < 1.29 is 14.6 Å². The van der Waals surface area contributed by atoms with Crippen LogP contribution < -0.4 is 14.8 Å². The van der Waals surface area contributed by atoms with Crippen LogP contribution in [-0.2, 0) is 18.5 Å². The van der Waals surface area contributed by atoms with Crippen molar-refractivity contribution in [2.45, 2.75) is 24.9 Å². The maximum atomic E-state index is 10.0. The van der Waals surface area contributed by atoms with Crippen LogP contribution in [0, 0.1) is 0 Å². The van der Waals surface area contributed by atoms with Crippen molar-refractivity contribution in [1.82, 2.24) is 5.32 Å². The maximum Gasteiger partial charge on any atom is 0.122 e. The van der Waals surface area contributed by atoms with Crippen molar-refractivity contribution in [3.63, 3.8) is 0 Å². The van der Waals surface area contributed by atoms with Crippen molar-refractivity contribution in [2.24, 2.45) is 0 Å². The van der Waals surface area contributed by atoms with Crippen LogP contribution in [0.5, 0.6) is 11.5 Å². The highest BCUT2D eigenvalue weighted by Crippen LogP contribution is 2.37. The maximum absolute atomic E-state index is 10.0. The van der Waals surface area contributed by atoms with Crippen molar-refractivity contribution in [3.8, 4) is 11.5 Å². The Morgan fingerprint density at radius 3 is 2.43 bits per heavy atom. The Balaban J connectivity index is 1.82. The van der Waals surface area contributed by atoms with Gasteiger partial charge in [-0.05, 0) is 41.7 Å². The van der Waals surface area contributed by atoms with E-state index in [1.165, 1.54) is 11.1 Å². The molecular formula is C19H23NO3. The number of benzene rings is 2. The molecule has 0 amide bonds. The first-order valence-corrected chi connectivity index (χ1v) is 7.87. The zero-order chi connectivity index (χ0) is 16.3. The fraction of sp³-hybridized carbons (Fsp3) is 0.368. The molecule has 2 N–H and O–H groups in total. The van der Waals surface area contributed by atoms with Crippen LogP contribution >= 0.6 is 0 Å². The van der Waals surface area contributed by atoms with Gasteiger partial charge in [-0.2, -0.15) is 0 Å². The molecule has 1 atom stereocenters. The van der Waals surface area contributed by atoms with Crippen LogP contribution in [0.1, 0.15) is 23.1 Å². The summed E-state index contributed by atoms with van der Waals surface area (Å²) in [5.41, 5.74) is 3.22. The van der Waals surface area contributed by atoms with Gasteiger partial charge in [0, 0.05) is 12.6 Å². The van der Waals surface area contributed by atoms with E-state index in [2.05, 4.69) is 23.5 Å². The Morgan fingerprint density at radius 1 is 1.09 bits per heavy atom. The Kier molecular flexibility index (Phi) is 4.55. The summed E-state index contributed by atoms with van der Waals surface area (Å²) in [6.07, 6.45) is 1.90. The van der Waals surface area contributed by atoms with Gasteiger partial charge in [0.1, 0.15) is 11.5 Å². The fourth-order valence-electron chi connectivity index (χ4n) is 3.33. The standard InChI is InChI=1S/C19H23NO3/c1-22-16-9-14(10-17(11-16)23-2)12-20-19(13-21)8-7-15-5-3-4-6-18(15)19/h3-6,9-11,20-21H,7-8,12-13H2,1-2H3/t19-/m1/s1. The SMILES string of the molecule is COc1cc(CN[C@@]2(CO)CCc3ccccc32)cc(OC)c1. The lowest BCUT2D eigenvalue weighted by atomic mass is 9.92. The number of ether oxygens (including phenoxy) is 2. The third-order valence-electron chi connectivity index (χ3n) is 4.67. The van der Waals surface area contributed by atoms with Gasteiger partial charge < -0.3 is 19.9 Å². The van der Waals surface area contributed by atoms with E-state index in [-0.39, 0.29) is 12.1 Å². The molecule has 0 radical (unpaired) electrons. The molecule has 0 aromatic heterocycles. The second-order valence-corrected chi connectivity index (χ2v) is 5.97. The van der Waals surface area contributed by atoms with Crippen LogP contribution in [0.2, 0.25) is 0 Å². The highest BCUT2D eigenvalue weighted by molar-refractivity contribution is 5.41. The molecular weight excluding hydrogens is 290 g/mol. The Hall–Kier alpha value is -2.04. The molecule has 2 aromatic carbocycles. The molecule has 122 valence electrons. The third kappa shape index (κ3) is 3.05. The highest BCUT2D eigenvalue weighted by Gasteiger charge is 2.37. The van der Waals surface area contributed by atoms with Crippen molar-refractivity contribution in [2.75, 3.05) is 20.8 Å². The van der Waals surface area contributed by atoms with Crippen LogP contribution in [0.3, 0.4) is 0 Å². The summed E-state index contributed by atoms with van der Waals surface area (Å²) in [7, 11) is 3.29. The van der Waals surface area contributed by atoms with Gasteiger partial charge in [-0.3, -0.25) is 0 Å². The predicted octanol–water partition coefficient (Wildman–Crippen LogP) is 2.63. The number of aryl methyl sites for hydroxylation is 1. The van der Waals surface area contributed by atoms with Crippen LogP contribution in [0.25, 0.3) is 0 Å². The molecule has 23 heavy (non-hydrogen) atoms. The van der Waals surface area contributed by atoms with Gasteiger partial charge >= 0.3 is 0 Å². The molecule has 4 nitrogen and oxygen atoms in total. The molecule has 0 spiro atoms. The molecule has 4 heteroatoms. The quantitative estimate of drug-likeness (QED) is 0.861. The Bertz CT molecular complexity index is 664. The normalized spacial score (nSPS) is 19.4. The lowest BCUT2D eigenvalue weighted by molar-refractivity contribution is 0.159. The Morgan fingerprint density at radius 2 is 1.78 bits per heavy atom. The summed E-state index contributed by atoms with van der Waals surface area (Å²) in [4.78, 5) is 0. The summed E-state index contributed by atoms with van der Waals surface area (Å²) in [6, 6.07) is 14.2. The van der Waals surface area contributed by atoms with Gasteiger partial charge in [0.2, 0.25) is 0 Å². The second-order valence-electron chi connectivity index (χ2n) is 5.97. The molecule has 0 fully saturated rings. The summed E-state index contributed by atoms with van der Waals surface area (Å²) in [5, 5.41) is 13.6. The molecule has 0 aliphatic heterocycles. The summed E-state index contributed by atoms with van der Waals surface area (Å²) in [5.74, 6) is 1.54. The van der Waals surface area contributed by atoms with E-state index in [1.54, 1.807) is 14.2 Å². The van der Waals surface area contributed by atoms with Crippen LogP contribution in [0.4, 0.5) is 0 Å². The number of aliphatic hydroxyl groups is 1. The average molecular weight is 313 g/mol. The lowest BCUT2D eigenvalue weighted by Gasteiger charge is -2.30. The van der Waals surface area contributed by atoms with Gasteiger partial charge in [0.05, 0.1) is 26.4 Å². The van der Waals surface area contributed by atoms with Crippen molar-refractivity contribution in [3.05, 3.63) is 59.2 Å². The molecule has 0 unspecified atom stereocenters. The van der Waals surface area contributed by atoms with Crippen molar-refractivity contribution >= 4 is 0 Å². The van der Waals surface area contributed by atoms with Crippen LogP contribution in [-0.4, -0.2) is 25.9 Å². The molecule has 1 aliphatic rings. The number of rotatable bonds is 6. The first kappa shape index (κ1) is 15.8. The topological polar surface area (TPSA) is 50.7 Å². The molecule has 0 bridgehead atoms. The van der Waals surface area contributed by atoms with Crippen molar-refractivity contribution in [1.29, 1.82) is 0 Å². The number of hydrogen-bond acceptors (Lipinski definition) is 4. The van der Waals surface area contributed by atoms with E-state index >= 15 is 0 Å². The lowest BCUT2D eigenvalue weighted by Crippen LogP contribution is -2.43. The highest BCUT2D eigenvalue weighted by atomic mass is 16.5. The molecule has 2 aromatic rings. The van der Waals surface area contributed by atoms with E-state index in [1.807, 2.05) is 24.3 Å². The van der Waals surface area contributed by atoms with Gasteiger partial charge in [-0.1, -0.05) is 24.3 Å². The minimum Gasteiger partial charge on any atom is -0.497 e. The monoisotopic (exact) mass is 313 g/mol. The van der Waals surface area contributed by atoms with E-state index in [9.17, 15) is 5.11 Å². The zero-order valence-corrected chi connectivity index (χ0v) is 13.6. The minimum atomic E-state index is -0.368. The molecule has 1 aliphatic carbocycles. The zero-order valence-electron chi connectivity index (χ0n) is 13.6. The number of hydrogen-bond donors (Lipinski definition) is 2. The molecule has 0 heterocycles. The van der Waals surface area contributed by atoms with Gasteiger partial charge in [-0.25, -0.2) is 0 Å². The first-order chi connectivity index (χ1) is 11.2. The van der Waals surface area contributed by atoms with E-state index < -0.39 is 0 Å². The Labute approximate surface area is 137 Å². The fourth-order valence-corrected chi connectivity index (χ4v) is 3.33. The first-order valence-electron chi connectivity index (χ1n) is 7.87. The third-order valence-corrected chi connectivity index (χ3v) is 4.67. The van der Waals surface area contributed by atoms with E-state index in [0.717, 1.165) is 29.9 Å². The minimum absolute atomic E-state index is 0.0884. The summed E-state index contributed by atoms with van der Waals surface area (Å²) >= 11 is 0. The number of nitrogens with one attached hydrogen (secondary N) is 1. The van der Waals surface area contributed by atoms with E-state index in [4.69, 9.17) is 9.47 Å². The predicted molar refractivity (Wildman–Crippen MR) is 89.9 cm³/mol. The molecule has 0 saturated heterocycles. The van der Waals surface area contributed by atoms with Gasteiger partial charge in [-0.15, -0.1) is 0 Å². The number of fused-ring (bicyclic) bond motifs is 1. The molecule has 0 saturated carbocycles. The average Bonchev–Trinajstić information content (AvgIpc) is 2.99. The van der Waals surface area contributed by atoms with Gasteiger partial charge in [0.25, 0.3) is 0 Å². The smallest absolute Gasteiger partial charge is 0.122 e. The number of aliphatic hydroxyl groups excluding tert-OH is 1. The molecule has 3 rings (SSSR count).